The smallest absolute Gasteiger partial charge is 0.0361 e. The summed E-state index contributed by atoms with van der Waals surface area (Å²) < 4.78 is 2.75. The van der Waals surface area contributed by atoms with Crippen molar-refractivity contribution in [2.45, 2.75) is 51.4 Å². The predicted octanol–water partition coefficient (Wildman–Crippen LogP) is 15.6. The predicted molar refractivity (Wildman–Crippen MR) is 244 cm³/mol. The van der Waals surface area contributed by atoms with Crippen molar-refractivity contribution in [3.05, 3.63) is 185 Å². The van der Waals surface area contributed by atoms with E-state index in [2.05, 4.69) is 166 Å². The molecule has 1 atom stereocenters. The van der Waals surface area contributed by atoms with Crippen molar-refractivity contribution in [1.29, 1.82) is 0 Å². The van der Waals surface area contributed by atoms with Crippen LogP contribution in [-0.4, -0.2) is 0 Å². The molecule has 1 heteroatoms. The Morgan fingerprint density at radius 2 is 1.36 bits per heavy atom. The number of hydrogen-bond donors (Lipinski definition) is 0. The van der Waals surface area contributed by atoms with Gasteiger partial charge in [-0.05, 0) is 156 Å². The molecule has 0 radical (unpaired) electrons. The van der Waals surface area contributed by atoms with Gasteiger partial charge in [-0.1, -0.05) is 135 Å². The molecule has 56 heavy (non-hydrogen) atoms. The lowest BCUT2D eigenvalue weighted by molar-refractivity contribution is 0.646. The van der Waals surface area contributed by atoms with Crippen molar-refractivity contribution in [3.8, 4) is 11.1 Å². The molecule has 0 nitrogen and oxygen atoms in total. The third kappa shape index (κ3) is 4.77. The van der Waals surface area contributed by atoms with Crippen LogP contribution >= 0.6 is 11.3 Å². The number of hydrogen-bond acceptors (Lipinski definition) is 1. The Balaban J connectivity index is 0.975. The SMILES string of the molecule is CC1(C)C2=CCC(C3=CCCC(c4c5ccccc5c(-c5ccc6c(c5)CCC=C6)c5ccccc45)=C3)C=C2c2cc3cc4c(cc3cc21)sc1ccccc14. The average Bonchev–Trinajstić information content (AvgIpc) is 3.71. The number of allylic oxidation sites excluding steroid dienone is 9. The van der Waals surface area contributed by atoms with E-state index in [1.807, 2.05) is 11.3 Å². The lowest BCUT2D eigenvalue weighted by Gasteiger charge is -2.28. The summed E-state index contributed by atoms with van der Waals surface area (Å²) in [6, 6.07) is 44.2. The van der Waals surface area contributed by atoms with E-state index in [9.17, 15) is 0 Å². The average molecular weight is 735 g/mol. The fourth-order valence-electron chi connectivity index (χ4n) is 10.7. The van der Waals surface area contributed by atoms with Gasteiger partial charge in [-0.25, -0.2) is 0 Å². The van der Waals surface area contributed by atoms with Gasteiger partial charge in [0.1, 0.15) is 0 Å². The summed E-state index contributed by atoms with van der Waals surface area (Å²) in [6.45, 7) is 4.86. The molecule has 0 N–H and O–H groups in total. The molecule has 12 rings (SSSR count). The molecule has 268 valence electrons. The Morgan fingerprint density at radius 3 is 2.16 bits per heavy atom. The van der Waals surface area contributed by atoms with Crippen LogP contribution in [0.3, 0.4) is 0 Å². The molecule has 4 aliphatic carbocycles. The van der Waals surface area contributed by atoms with Crippen molar-refractivity contribution < 1.29 is 0 Å². The van der Waals surface area contributed by atoms with E-state index in [4.69, 9.17) is 0 Å². The number of rotatable bonds is 3. The summed E-state index contributed by atoms with van der Waals surface area (Å²) in [5.41, 5.74) is 15.7. The van der Waals surface area contributed by atoms with Gasteiger partial charge >= 0.3 is 0 Å². The molecule has 4 aliphatic rings. The van der Waals surface area contributed by atoms with E-state index >= 15 is 0 Å². The third-order valence-corrected chi connectivity index (χ3v) is 14.6. The lowest BCUT2D eigenvalue weighted by atomic mass is 9.76. The first kappa shape index (κ1) is 32.5. The molecular weight excluding hydrogens is 693 g/mol. The van der Waals surface area contributed by atoms with Crippen LogP contribution in [0.5, 0.6) is 0 Å². The monoisotopic (exact) mass is 734 g/mol. The summed E-state index contributed by atoms with van der Waals surface area (Å²) in [6.07, 6.45) is 20.3. The summed E-state index contributed by atoms with van der Waals surface area (Å²) >= 11 is 1.91. The van der Waals surface area contributed by atoms with Crippen LogP contribution in [0.4, 0.5) is 0 Å². The zero-order valence-corrected chi connectivity index (χ0v) is 32.8. The van der Waals surface area contributed by atoms with Gasteiger partial charge in [-0.2, -0.15) is 0 Å². The minimum Gasteiger partial charge on any atom is -0.135 e. The fraction of sp³-hybridized carbons (Fsp3) is 0.164. The molecular formula is C55H42S. The second-order valence-corrected chi connectivity index (χ2v) is 18.0. The van der Waals surface area contributed by atoms with Crippen molar-refractivity contribution in [2.75, 3.05) is 0 Å². The van der Waals surface area contributed by atoms with Crippen molar-refractivity contribution in [2.24, 2.45) is 5.92 Å². The van der Waals surface area contributed by atoms with E-state index in [0.29, 0.717) is 5.92 Å². The maximum atomic E-state index is 2.63. The van der Waals surface area contributed by atoms with Gasteiger partial charge in [0.2, 0.25) is 0 Å². The molecule has 0 spiro atoms. The second kappa shape index (κ2) is 12.1. The first-order chi connectivity index (χ1) is 27.5. The molecule has 1 aromatic heterocycles. The van der Waals surface area contributed by atoms with Crippen molar-refractivity contribution in [3.63, 3.8) is 0 Å². The Labute approximate surface area is 332 Å². The van der Waals surface area contributed by atoms with Gasteiger partial charge in [-0.3, -0.25) is 0 Å². The van der Waals surface area contributed by atoms with Crippen LogP contribution in [0, 0.1) is 5.92 Å². The minimum absolute atomic E-state index is 0.0221. The first-order valence-electron chi connectivity index (χ1n) is 20.5. The van der Waals surface area contributed by atoms with E-state index in [1.165, 1.54) is 114 Å². The number of fused-ring (bicyclic) bond motifs is 10. The highest BCUT2D eigenvalue weighted by Gasteiger charge is 2.40. The molecule has 8 aromatic rings. The Kier molecular flexibility index (Phi) is 7.03. The van der Waals surface area contributed by atoms with E-state index in [0.717, 1.165) is 32.1 Å². The zero-order chi connectivity index (χ0) is 37.1. The van der Waals surface area contributed by atoms with E-state index < -0.39 is 0 Å². The quantitative estimate of drug-likeness (QED) is 0.159. The zero-order valence-electron chi connectivity index (χ0n) is 32.0. The number of thiophene rings is 1. The van der Waals surface area contributed by atoms with E-state index in [-0.39, 0.29) is 5.41 Å². The number of benzene rings is 7. The molecule has 1 heterocycles. The van der Waals surface area contributed by atoms with Crippen LogP contribution < -0.4 is 0 Å². The maximum Gasteiger partial charge on any atom is 0.0361 e. The highest BCUT2D eigenvalue weighted by atomic mass is 32.1. The number of aryl methyl sites for hydroxylation is 1. The van der Waals surface area contributed by atoms with Gasteiger partial charge in [0, 0.05) is 31.5 Å². The summed E-state index contributed by atoms with van der Waals surface area (Å²) in [5, 5.41) is 10.9. The fourth-order valence-corrected chi connectivity index (χ4v) is 11.9. The standard InChI is InChI=1S/C55H42S/c1-55(2)49-25-24-36(28-46(49)47-29-39-30-48-41-16-9-10-21-51(41)56-52(48)32-40(39)31-50(47)55)35-14-11-15-37(27-35)53-42-17-5-7-19-44(42)54(45-20-8-6-18-43(45)53)38-23-22-33-12-3-4-13-34(33)26-38/h3,5-10,12,14,16-23,25-32,36H,4,11,13,15,24H2,1-2H3. The van der Waals surface area contributed by atoms with Crippen molar-refractivity contribution in [1.82, 2.24) is 0 Å². The molecule has 1 unspecified atom stereocenters. The first-order valence-corrected chi connectivity index (χ1v) is 21.3. The second-order valence-electron chi connectivity index (χ2n) is 17.0. The van der Waals surface area contributed by atoms with Gasteiger partial charge in [0.25, 0.3) is 0 Å². The molecule has 0 saturated heterocycles. The lowest BCUT2D eigenvalue weighted by Crippen LogP contribution is -2.17. The largest absolute Gasteiger partial charge is 0.135 e. The van der Waals surface area contributed by atoms with Crippen LogP contribution in [-0.2, 0) is 11.8 Å². The molecule has 0 fully saturated rings. The topological polar surface area (TPSA) is 0 Å². The van der Waals surface area contributed by atoms with Gasteiger partial charge in [0.15, 0.2) is 0 Å². The van der Waals surface area contributed by atoms with Gasteiger partial charge < -0.3 is 0 Å². The molecule has 7 aromatic carbocycles. The summed E-state index contributed by atoms with van der Waals surface area (Å²) in [7, 11) is 0. The Morgan fingerprint density at radius 1 is 0.625 bits per heavy atom. The Hall–Kier alpha value is -5.76. The van der Waals surface area contributed by atoms with Gasteiger partial charge in [0.05, 0.1) is 0 Å². The van der Waals surface area contributed by atoms with Crippen LogP contribution in [0.25, 0.3) is 80.8 Å². The maximum absolute atomic E-state index is 2.63. The van der Waals surface area contributed by atoms with Gasteiger partial charge in [-0.15, -0.1) is 11.3 Å². The molecule has 0 saturated carbocycles. The molecule has 0 aliphatic heterocycles. The molecule has 0 amide bonds. The Bertz CT molecular complexity index is 3130. The van der Waals surface area contributed by atoms with E-state index in [1.54, 1.807) is 0 Å². The van der Waals surface area contributed by atoms with Crippen molar-refractivity contribution >= 4 is 81.0 Å². The normalized spacial score (nSPS) is 18.5. The van der Waals surface area contributed by atoms with Crippen LogP contribution in [0.1, 0.15) is 67.3 Å². The van der Waals surface area contributed by atoms with Crippen LogP contribution in [0.2, 0.25) is 0 Å². The summed E-state index contributed by atoms with van der Waals surface area (Å²) in [4.78, 5) is 0. The highest BCUT2D eigenvalue weighted by molar-refractivity contribution is 7.25. The summed E-state index contributed by atoms with van der Waals surface area (Å²) in [5.74, 6) is 0.353. The minimum atomic E-state index is -0.0221. The molecule has 0 bridgehead atoms. The van der Waals surface area contributed by atoms with Crippen LogP contribution in [0.15, 0.2) is 157 Å². The highest BCUT2D eigenvalue weighted by Crippen LogP contribution is 2.54. The third-order valence-electron chi connectivity index (χ3n) is 13.5.